The van der Waals surface area contributed by atoms with E-state index in [1.54, 1.807) is 0 Å². The maximum absolute atomic E-state index is 5.55. The fourth-order valence-corrected chi connectivity index (χ4v) is 2.07. The highest BCUT2D eigenvalue weighted by Gasteiger charge is 2.47. The number of hydrogen-bond acceptors (Lipinski definition) is 2. The Kier molecular flexibility index (Phi) is 3.34. The lowest BCUT2D eigenvalue weighted by Crippen LogP contribution is -2.52. The number of ether oxygens (including phenoxy) is 2. The Hall–Kier alpha value is 0.400. The predicted octanol–water partition coefficient (Wildman–Crippen LogP) is 2.31. The van der Waals surface area contributed by atoms with E-state index in [-0.39, 0.29) is 5.79 Å². The van der Waals surface area contributed by atoms with Crippen LogP contribution in [0.4, 0.5) is 0 Å². The van der Waals surface area contributed by atoms with Gasteiger partial charge in [-0.2, -0.15) is 0 Å². The Morgan fingerprint density at radius 2 is 1.91 bits per heavy atom. The van der Waals surface area contributed by atoms with Crippen LogP contribution in [0, 0.1) is 0 Å². The highest BCUT2D eigenvalue weighted by molar-refractivity contribution is 9.09. The first-order chi connectivity index (χ1) is 5.25. The van der Waals surface area contributed by atoms with Crippen LogP contribution in [-0.2, 0) is 9.47 Å². The molecule has 0 heterocycles. The summed E-state index contributed by atoms with van der Waals surface area (Å²) in [6.07, 6.45) is 2.17. The smallest absolute Gasteiger partial charge is 0.180 e. The van der Waals surface area contributed by atoms with Gasteiger partial charge in [0, 0.05) is 19.6 Å². The molecule has 0 N–H and O–H groups in total. The molecule has 0 aromatic carbocycles. The van der Waals surface area contributed by atoms with Gasteiger partial charge in [0.2, 0.25) is 0 Å². The van der Waals surface area contributed by atoms with E-state index in [4.69, 9.17) is 9.47 Å². The van der Waals surface area contributed by atoms with Gasteiger partial charge in [-0.15, -0.1) is 0 Å². The third-order valence-corrected chi connectivity index (χ3v) is 3.16. The molecule has 1 fully saturated rings. The first-order valence-electron chi connectivity index (χ1n) is 4.17. The van der Waals surface area contributed by atoms with Gasteiger partial charge >= 0.3 is 0 Å². The molecule has 0 aromatic heterocycles. The maximum atomic E-state index is 5.55. The normalized spacial score (nSPS) is 28.1. The van der Waals surface area contributed by atoms with Crippen molar-refractivity contribution in [1.82, 2.24) is 0 Å². The minimum atomic E-state index is -0.302. The molecular formula is C8H15BrO2. The van der Waals surface area contributed by atoms with Gasteiger partial charge in [-0.25, -0.2) is 0 Å². The molecule has 1 rings (SSSR count). The average Bonchev–Trinajstić information content (AvgIpc) is 2.01. The molecule has 0 radical (unpaired) electrons. The maximum Gasteiger partial charge on any atom is 0.180 e. The van der Waals surface area contributed by atoms with Crippen LogP contribution < -0.4 is 0 Å². The second kappa shape index (κ2) is 3.87. The molecular weight excluding hydrogens is 208 g/mol. The molecule has 0 aromatic rings. The SMILES string of the molecule is CCOC1(OCC)CCC1Br. The zero-order chi connectivity index (χ0) is 8.32. The summed E-state index contributed by atoms with van der Waals surface area (Å²) in [6, 6.07) is 0. The fourth-order valence-electron chi connectivity index (χ4n) is 1.34. The van der Waals surface area contributed by atoms with Crippen LogP contribution in [0.1, 0.15) is 26.7 Å². The number of hydrogen-bond donors (Lipinski definition) is 0. The molecule has 1 unspecified atom stereocenters. The zero-order valence-electron chi connectivity index (χ0n) is 7.10. The molecule has 1 aliphatic rings. The van der Waals surface area contributed by atoms with Crippen molar-refractivity contribution in [1.29, 1.82) is 0 Å². The van der Waals surface area contributed by atoms with Gasteiger partial charge in [0.1, 0.15) is 0 Å². The zero-order valence-corrected chi connectivity index (χ0v) is 8.69. The van der Waals surface area contributed by atoms with Gasteiger partial charge in [0.05, 0.1) is 4.83 Å². The Labute approximate surface area is 76.4 Å². The molecule has 1 saturated carbocycles. The van der Waals surface area contributed by atoms with E-state index in [0.717, 1.165) is 26.1 Å². The van der Waals surface area contributed by atoms with Crippen LogP contribution in [0.5, 0.6) is 0 Å². The Balaban J connectivity index is 2.42. The molecule has 0 spiro atoms. The standard InChI is InChI=1S/C8H15BrO2/c1-3-10-8(11-4-2)6-5-7(8)9/h7H,3-6H2,1-2H3. The van der Waals surface area contributed by atoms with Gasteiger partial charge in [-0.05, 0) is 20.3 Å². The topological polar surface area (TPSA) is 18.5 Å². The van der Waals surface area contributed by atoms with E-state index < -0.39 is 0 Å². The van der Waals surface area contributed by atoms with E-state index in [9.17, 15) is 0 Å². The summed E-state index contributed by atoms with van der Waals surface area (Å²) >= 11 is 3.54. The van der Waals surface area contributed by atoms with Crippen LogP contribution in [-0.4, -0.2) is 23.8 Å². The lowest BCUT2D eigenvalue weighted by Gasteiger charge is -2.45. The molecule has 0 saturated heterocycles. The van der Waals surface area contributed by atoms with Crippen LogP contribution in [0.2, 0.25) is 0 Å². The average molecular weight is 223 g/mol. The first-order valence-corrected chi connectivity index (χ1v) is 5.08. The van der Waals surface area contributed by atoms with Crippen LogP contribution >= 0.6 is 15.9 Å². The van der Waals surface area contributed by atoms with Crippen molar-refractivity contribution >= 4 is 15.9 Å². The molecule has 3 heteroatoms. The molecule has 66 valence electrons. The molecule has 1 aliphatic carbocycles. The lowest BCUT2D eigenvalue weighted by atomic mass is 9.91. The van der Waals surface area contributed by atoms with Crippen molar-refractivity contribution in [3.05, 3.63) is 0 Å². The quantitative estimate of drug-likeness (QED) is 0.537. The monoisotopic (exact) mass is 222 g/mol. The summed E-state index contributed by atoms with van der Waals surface area (Å²) in [5.74, 6) is -0.302. The molecule has 2 nitrogen and oxygen atoms in total. The lowest BCUT2D eigenvalue weighted by molar-refractivity contribution is -0.266. The van der Waals surface area contributed by atoms with Crippen molar-refractivity contribution in [3.8, 4) is 0 Å². The summed E-state index contributed by atoms with van der Waals surface area (Å²) in [4.78, 5) is 0.384. The van der Waals surface area contributed by atoms with Crippen LogP contribution in [0.15, 0.2) is 0 Å². The Morgan fingerprint density at radius 1 is 1.36 bits per heavy atom. The summed E-state index contributed by atoms with van der Waals surface area (Å²) in [7, 11) is 0. The molecule has 0 amide bonds. The number of alkyl halides is 1. The molecule has 11 heavy (non-hydrogen) atoms. The molecule has 1 atom stereocenters. The van der Waals surface area contributed by atoms with Crippen molar-refractivity contribution < 1.29 is 9.47 Å². The van der Waals surface area contributed by atoms with Gasteiger partial charge < -0.3 is 9.47 Å². The van der Waals surface area contributed by atoms with E-state index in [1.165, 1.54) is 0 Å². The molecule has 0 aliphatic heterocycles. The Morgan fingerprint density at radius 3 is 2.09 bits per heavy atom. The minimum absolute atomic E-state index is 0.302. The third-order valence-electron chi connectivity index (χ3n) is 2.00. The summed E-state index contributed by atoms with van der Waals surface area (Å²) in [6.45, 7) is 5.45. The van der Waals surface area contributed by atoms with Crippen LogP contribution in [0.3, 0.4) is 0 Å². The highest BCUT2D eigenvalue weighted by Crippen LogP contribution is 2.42. The predicted molar refractivity (Wildman–Crippen MR) is 47.9 cm³/mol. The first kappa shape index (κ1) is 9.49. The van der Waals surface area contributed by atoms with E-state index in [1.807, 2.05) is 13.8 Å². The minimum Gasteiger partial charge on any atom is -0.349 e. The summed E-state index contributed by atoms with van der Waals surface area (Å²) < 4.78 is 11.1. The Bertz CT molecular complexity index is 121. The fraction of sp³-hybridized carbons (Fsp3) is 1.00. The van der Waals surface area contributed by atoms with E-state index in [2.05, 4.69) is 15.9 Å². The van der Waals surface area contributed by atoms with Crippen molar-refractivity contribution in [3.63, 3.8) is 0 Å². The van der Waals surface area contributed by atoms with Crippen molar-refractivity contribution in [2.75, 3.05) is 13.2 Å². The van der Waals surface area contributed by atoms with Crippen LogP contribution in [0.25, 0.3) is 0 Å². The summed E-state index contributed by atoms with van der Waals surface area (Å²) in [5.41, 5.74) is 0. The number of halogens is 1. The van der Waals surface area contributed by atoms with Crippen molar-refractivity contribution in [2.45, 2.75) is 37.3 Å². The van der Waals surface area contributed by atoms with Gasteiger partial charge in [0.25, 0.3) is 0 Å². The highest BCUT2D eigenvalue weighted by atomic mass is 79.9. The van der Waals surface area contributed by atoms with E-state index in [0.29, 0.717) is 4.83 Å². The second-order valence-corrected chi connectivity index (χ2v) is 3.79. The summed E-state index contributed by atoms with van der Waals surface area (Å²) in [5, 5.41) is 0. The molecule has 0 bridgehead atoms. The number of rotatable bonds is 4. The van der Waals surface area contributed by atoms with E-state index >= 15 is 0 Å². The van der Waals surface area contributed by atoms with Gasteiger partial charge in [-0.1, -0.05) is 15.9 Å². The second-order valence-electron chi connectivity index (χ2n) is 2.68. The largest absolute Gasteiger partial charge is 0.349 e. The van der Waals surface area contributed by atoms with Gasteiger partial charge in [-0.3, -0.25) is 0 Å². The third kappa shape index (κ3) is 1.76. The van der Waals surface area contributed by atoms with Crippen molar-refractivity contribution in [2.24, 2.45) is 0 Å². The van der Waals surface area contributed by atoms with Gasteiger partial charge in [0.15, 0.2) is 5.79 Å².